The monoisotopic (exact) mass is 357 g/mol. The highest BCUT2D eigenvalue weighted by Crippen LogP contribution is 2.35. The predicted molar refractivity (Wildman–Crippen MR) is 97.4 cm³/mol. The van der Waals surface area contributed by atoms with E-state index >= 15 is 0 Å². The van der Waals surface area contributed by atoms with Crippen LogP contribution in [0.2, 0.25) is 0 Å². The van der Waals surface area contributed by atoms with Gasteiger partial charge in [0.15, 0.2) is 0 Å². The molecule has 0 bridgehead atoms. The van der Waals surface area contributed by atoms with Crippen LogP contribution in [0.3, 0.4) is 0 Å². The highest BCUT2D eigenvalue weighted by Gasteiger charge is 2.28. The van der Waals surface area contributed by atoms with Gasteiger partial charge in [-0.3, -0.25) is 9.59 Å². The number of benzene rings is 1. The minimum Gasteiger partial charge on any atom is -0.344 e. The quantitative estimate of drug-likeness (QED) is 0.861. The van der Waals surface area contributed by atoms with E-state index in [-0.39, 0.29) is 29.0 Å². The van der Waals surface area contributed by atoms with Crippen molar-refractivity contribution in [2.75, 3.05) is 0 Å². The third-order valence-corrected chi connectivity index (χ3v) is 4.92. The van der Waals surface area contributed by atoms with E-state index in [2.05, 4.69) is 10.4 Å². The number of aromatic nitrogens is 2. The lowest BCUT2D eigenvalue weighted by molar-refractivity contribution is 0.0914. The van der Waals surface area contributed by atoms with Crippen molar-refractivity contribution in [1.82, 2.24) is 15.1 Å². The van der Waals surface area contributed by atoms with Crippen LogP contribution in [0.15, 0.2) is 41.2 Å². The molecular weight excluding hydrogens is 333 g/mol. The van der Waals surface area contributed by atoms with Crippen LogP contribution in [0.4, 0.5) is 4.39 Å². The van der Waals surface area contributed by atoms with Crippen LogP contribution in [0, 0.1) is 11.7 Å². The van der Waals surface area contributed by atoms with Crippen molar-refractivity contribution >= 4 is 5.91 Å². The lowest BCUT2D eigenvalue weighted by atomic mass is 9.91. The molecule has 138 valence electrons. The van der Waals surface area contributed by atoms with E-state index in [0.29, 0.717) is 12.5 Å². The maximum Gasteiger partial charge on any atom is 0.272 e. The van der Waals surface area contributed by atoms with E-state index in [1.165, 1.54) is 28.9 Å². The summed E-state index contributed by atoms with van der Waals surface area (Å²) >= 11 is 0. The number of nitrogens with zero attached hydrogens (tertiary/aromatic N) is 2. The van der Waals surface area contributed by atoms with Crippen LogP contribution in [0.5, 0.6) is 0 Å². The molecule has 0 aliphatic heterocycles. The highest BCUT2D eigenvalue weighted by molar-refractivity contribution is 5.92. The molecule has 1 heterocycles. The van der Waals surface area contributed by atoms with Gasteiger partial charge >= 0.3 is 0 Å². The van der Waals surface area contributed by atoms with Gasteiger partial charge in [0, 0.05) is 12.6 Å². The molecule has 5 nitrogen and oxygen atoms in total. The first-order chi connectivity index (χ1) is 12.6. The van der Waals surface area contributed by atoms with Crippen molar-refractivity contribution < 1.29 is 9.18 Å². The van der Waals surface area contributed by atoms with Crippen molar-refractivity contribution in [2.24, 2.45) is 5.92 Å². The number of carbonyl (C=O) groups is 1. The largest absolute Gasteiger partial charge is 0.344 e. The summed E-state index contributed by atoms with van der Waals surface area (Å²) in [5.74, 6) is -0.277. The maximum atomic E-state index is 13.3. The summed E-state index contributed by atoms with van der Waals surface area (Å²) in [5, 5.41) is 7.24. The molecule has 1 fully saturated rings. The van der Waals surface area contributed by atoms with E-state index in [0.717, 1.165) is 37.7 Å². The summed E-state index contributed by atoms with van der Waals surface area (Å²) in [4.78, 5) is 24.6. The zero-order valence-electron chi connectivity index (χ0n) is 15.0. The molecule has 1 aromatic heterocycles. The van der Waals surface area contributed by atoms with Crippen molar-refractivity contribution in [2.45, 2.75) is 51.6 Å². The average Bonchev–Trinajstić information content (AvgIpc) is 3.17. The van der Waals surface area contributed by atoms with E-state index in [1.807, 2.05) is 6.92 Å². The second-order valence-electron chi connectivity index (χ2n) is 6.83. The number of aryl methyl sites for hydroxylation is 1. The van der Waals surface area contributed by atoms with Crippen molar-refractivity contribution in [1.29, 1.82) is 0 Å². The molecule has 1 saturated carbocycles. The van der Waals surface area contributed by atoms with E-state index in [4.69, 9.17) is 0 Å². The Labute approximate surface area is 152 Å². The van der Waals surface area contributed by atoms with Crippen LogP contribution in [0.1, 0.15) is 61.1 Å². The standard InChI is InChI=1S/C20H24FN3O2/c1-2-13-24-18(25)12-11-17(23-24)20(26)22-19(14-5-3-4-6-14)15-7-9-16(21)10-8-15/h7-12,14,19H,2-6,13H2,1H3,(H,22,26). The van der Waals surface area contributed by atoms with Gasteiger partial charge in [0.2, 0.25) is 0 Å². The molecule has 0 radical (unpaired) electrons. The van der Waals surface area contributed by atoms with E-state index in [1.54, 1.807) is 12.1 Å². The van der Waals surface area contributed by atoms with Crippen LogP contribution in [0.25, 0.3) is 0 Å². The molecule has 3 rings (SSSR count). The number of hydrogen-bond acceptors (Lipinski definition) is 3. The van der Waals surface area contributed by atoms with Crippen LogP contribution in [-0.4, -0.2) is 15.7 Å². The Balaban J connectivity index is 1.84. The fourth-order valence-electron chi connectivity index (χ4n) is 3.59. The fourth-order valence-corrected chi connectivity index (χ4v) is 3.59. The van der Waals surface area contributed by atoms with Crippen molar-refractivity contribution in [3.05, 3.63) is 63.8 Å². The number of nitrogens with one attached hydrogen (secondary N) is 1. The molecule has 2 aromatic rings. The predicted octanol–water partition coefficient (Wildman–Crippen LogP) is 3.45. The van der Waals surface area contributed by atoms with E-state index in [9.17, 15) is 14.0 Å². The number of carbonyl (C=O) groups excluding carboxylic acids is 1. The first-order valence-corrected chi connectivity index (χ1v) is 9.23. The number of halogens is 1. The second kappa shape index (κ2) is 8.25. The van der Waals surface area contributed by atoms with Crippen LogP contribution in [-0.2, 0) is 6.54 Å². The van der Waals surface area contributed by atoms with E-state index < -0.39 is 0 Å². The summed E-state index contributed by atoms with van der Waals surface area (Å²) in [7, 11) is 0. The lowest BCUT2D eigenvalue weighted by Gasteiger charge is -2.25. The molecule has 0 spiro atoms. The SMILES string of the molecule is CCCn1nc(C(=O)NC(c2ccc(F)cc2)C2CCCC2)ccc1=O. The van der Waals surface area contributed by atoms with Gasteiger partial charge in [0.05, 0.1) is 6.04 Å². The molecule has 1 aromatic carbocycles. The van der Waals surface area contributed by atoms with Gasteiger partial charge in [0.1, 0.15) is 11.5 Å². The molecule has 1 atom stereocenters. The zero-order chi connectivity index (χ0) is 18.5. The van der Waals surface area contributed by atoms with Gasteiger partial charge in [0.25, 0.3) is 11.5 Å². The summed E-state index contributed by atoms with van der Waals surface area (Å²) in [6, 6.07) is 8.94. The van der Waals surface area contributed by atoms with Crippen LogP contribution >= 0.6 is 0 Å². The first-order valence-electron chi connectivity index (χ1n) is 9.23. The summed E-state index contributed by atoms with van der Waals surface area (Å²) in [6.45, 7) is 2.43. The smallest absolute Gasteiger partial charge is 0.272 e. The minimum absolute atomic E-state index is 0.182. The normalized spacial score (nSPS) is 15.8. The van der Waals surface area contributed by atoms with Crippen molar-refractivity contribution in [3.63, 3.8) is 0 Å². The first kappa shape index (κ1) is 18.3. The Morgan fingerprint density at radius 1 is 1.23 bits per heavy atom. The Bertz CT molecular complexity index is 811. The van der Waals surface area contributed by atoms with Crippen molar-refractivity contribution in [3.8, 4) is 0 Å². The zero-order valence-corrected chi connectivity index (χ0v) is 15.0. The Hall–Kier alpha value is -2.50. The molecule has 1 aliphatic carbocycles. The molecule has 6 heteroatoms. The topological polar surface area (TPSA) is 64.0 Å². The molecule has 1 amide bonds. The van der Waals surface area contributed by atoms with Gasteiger partial charge in [-0.05, 0) is 48.9 Å². The van der Waals surface area contributed by atoms with Gasteiger partial charge < -0.3 is 5.32 Å². The Morgan fingerprint density at radius 3 is 2.58 bits per heavy atom. The lowest BCUT2D eigenvalue weighted by Crippen LogP contribution is -2.35. The summed E-state index contributed by atoms with van der Waals surface area (Å²) < 4.78 is 14.6. The molecular formula is C20H24FN3O2. The minimum atomic E-state index is -0.309. The number of amides is 1. The van der Waals surface area contributed by atoms with Crippen LogP contribution < -0.4 is 10.9 Å². The van der Waals surface area contributed by atoms with Gasteiger partial charge in [-0.15, -0.1) is 0 Å². The Morgan fingerprint density at radius 2 is 1.92 bits per heavy atom. The third kappa shape index (κ3) is 4.18. The van der Waals surface area contributed by atoms with Gasteiger partial charge in [-0.1, -0.05) is 31.9 Å². The third-order valence-electron chi connectivity index (χ3n) is 4.92. The Kier molecular flexibility index (Phi) is 5.81. The number of hydrogen-bond donors (Lipinski definition) is 1. The molecule has 1 N–H and O–H groups in total. The van der Waals surface area contributed by atoms with Gasteiger partial charge in [-0.2, -0.15) is 5.10 Å². The number of rotatable bonds is 6. The maximum absolute atomic E-state index is 13.3. The fraction of sp³-hybridized carbons (Fsp3) is 0.450. The highest BCUT2D eigenvalue weighted by atomic mass is 19.1. The molecule has 26 heavy (non-hydrogen) atoms. The van der Waals surface area contributed by atoms with Gasteiger partial charge in [-0.25, -0.2) is 9.07 Å². The average molecular weight is 357 g/mol. The molecule has 0 saturated heterocycles. The summed E-state index contributed by atoms with van der Waals surface area (Å²) in [5.41, 5.74) is 0.908. The molecule has 1 aliphatic rings. The summed E-state index contributed by atoms with van der Waals surface area (Å²) in [6.07, 6.45) is 5.10. The second-order valence-corrected chi connectivity index (χ2v) is 6.83. The molecule has 1 unspecified atom stereocenters.